The number of amides is 1. The Morgan fingerprint density at radius 3 is 2.62 bits per heavy atom. The molecule has 0 atom stereocenters. The van der Waals surface area contributed by atoms with E-state index in [0.717, 1.165) is 18.9 Å². The van der Waals surface area contributed by atoms with Crippen LogP contribution in [0.4, 0.5) is 19.0 Å². The molecule has 1 heterocycles. The van der Waals surface area contributed by atoms with Crippen LogP contribution in [0, 0.1) is 5.41 Å². The van der Waals surface area contributed by atoms with Crippen LogP contribution in [0.2, 0.25) is 0 Å². The SMILES string of the molecule is CC1(C(=O)Nc2cc(C(F)(F)F)[nH]n2)CC1. The third kappa shape index (κ3) is 2.02. The van der Waals surface area contributed by atoms with Gasteiger partial charge in [-0.15, -0.1) is 0 Å². The van der Waals surface area contributed by atoms with Crippen LogP contribution in [0.5, 0.6) is 0 Å². The number of aromatic amines is 1. The van der Waals surface area contributed by atoms with Crippen molar-refractivity contribution in [2.24, 2.45) is 5.41 Å². The molecule has 1 aromatic heterocycles. The zero-order chi connectivity index (χ0) is 12.0. The van der Waals surface area contributed by atoms with Gasteiger partial charge < -0.3 is 5.32 Å². The number of aromatic nitrogens is 2. The van der Waals surface area contributed by atoms with Crippen LogP contribution in [-0.2, 0) is 11.0 Å². The summed E-state index contributed by atoms with van der Waals surface area (Å²) < 4.78 is 36.6. The summed E-state index contributed by atoms with van der Waals surface area (Å²) >= 11 is 0. The molecule has 0 spiro atoms. The van der Waals surface area contributed by atoms with Crippen LogP contribution in [-0.4, -0.2) is 16.1 Å². The number of nitrogens with one attached hydrogen (secondary N) is 2. The van der Waals surface area contributed by atoms with E-state index in [2.05, 4.69) is 10.4 Å². The molecule has 2 rings (SSSR count). The summed E-state index contributed by atoms with van der Waals surface area (Å²) in [6.45, 7) is 1.76. The molecule has 88 valence electrons. The van der Waals surface area contributed by atoms with Crippen molar-refractivity contribution in [3.8, 4) is 0 Å². The zero-order valence-electron chi connectivity index (χ0n) is 8.48. The van der Waals surface area contributed by atoms with Gasteiger partial charge in [0.25, 0.3) is 0 Å². The molecule has 1 aliphatic rings. The van der Waals surface area contributed by atoms with E-state index in [0.29, 0.717) is 0 Å². The maximum atomic E-state index is 12.2. The molecule has 0 saturated heterocycles. The molecular weight excluding hydrogens is 223 g/mol. The summed E-state index contributed by atoms with van der Waals surface area (Å²) in [7, 11) is 0. The van der Waals surface area contributed by atoms with Crippen LogP contribution in [0.15, 0.2) is 6.07 Å². The highest BCUT2D eigenvalue weighted by molar-refractivity contribution is 5.96. The van der Waals surface area contributed by atoms with Gasteiger partial charge in [-0.25, -0.2) is 0 Å². The summed E-state index contributed by atoms with van der Waals surface area (Å²) in [5.74, 6) is -0.377. The second-order valence-electron chi connectivity index (χ2n) is 4.18. The van der Waals surface area contributed by atoms with Gasteiger partial charge in [-0.1, -0.05) is 6.92 Å². The molecule has 0 unspecified atom stereocenters. The molecule has 4 nitrogen and oxygen atoms in total. The second kappa shape index (κ2) is 3.23. The minimum Gasteiger partial charge on any atom is -0.309 e. The Balaban J connectivity index is 2.06. The molecule has 16 heavy (non-hydrogen) atoms. The van der Waals surface area contributed by atoms with Crippen LogP contribution < -0.4 is 5.32 Å². The van der Waals surface area contributed by atoms with Crippen molar-refractivity contribution in [3.05, 3.63) is 11.8 Å². The lowest BCUT2D eigenvalue weighted by Gasteiger charge is -2.06. The van der Waals surface area contributed by atoms with Crippen molar-refractivity contribution in [3.63, 3.8) is 0 Å². The van der Waals surface area contributed by atoms with Gasteiger partial charge in [-0.2, -0.15) is 18.3 Å². The van der Waals surface area contributed by atoms with E-state index in [1.54, 1.807) is 6.92 Å². The number of nitrogens with zero attached hydrogens (tertiary/aromatic N) is 1. The van der Waals surface area contributed by atoms with Crippen LogP contribution in [0.3, 0.4) is 0 Å². The average Bonchev–Trinajstić information content (AvgIpc) is 2.75. The molecule has 0 aliphatic heterocycles. The van der Waals surface area contributed by atoms with Crippen LogP contribution >= 0.6 is 0 Å². The van der Waals surface area contributed by atoms with Gasteiger partial charge in [0, 0.05) is 11.5 Å². The highest BCUT2D eigenvalue weighted by atomic mass is 19.4. The van der Waals surface area contributed by atoms with Crippen molar-refractivity contribution in [2.45, 2.75) is 25.9 Å². The number of rotatable bonds is 2. The molecule has 0 bridgehead atoms. The predicted molar refractivity (Wildman–Crippen MR) is 49.6 cm³/mol. The molecule has 1 aliphatic carbocycles. The minimum absolute atomic E-state index is 0.0922. The van der Waals surface area contributed by atoms with Crippen molar-refractivity contribution in [2.75, 3.05) is 5.32 Å². The van der Waals surface area contributed by atoms with Gasteiger partial charge in [-0.05, 0) is 12.8 Å². The zero-order valence-corrected chi connectivity index (χ0v) is 8.48. The third-order valence-electron chi connectivity index (χ3n) is 2.67. The molecule has 1 saturated carbocycles. The topological polar surface area (TPSA) is 57.8 Å². The molecule has 0 radical (unpaired) electrons. The van der Waals surface area contributed by atoms with Gasteiger partial charge in [0.05, 0.1) is 0 Å². The Hall–Kier alpha value is -1.53. The van der Waals surface area contributed by atoms with Gasteiger partial charge in [-0.3, -0.25) is 9.89 Å². The largest absolute Gasteiger partial charge is 0.432 e. The lowest BCUT2D eigenvalue weighted by Crippen LogP contribution is -2.21. The Kier molecular flexibility index (Phi) is 2.21. The predicted octanol–water partition coefficient (Wildman–Crippen LogP) is 2.17. The number of carbonyl (C=O) groups excluding carboxylic acids is 1. The fourth-order valence-electron chi connectivity index (χ4n) is 1.21. The second-order valence-corrected chi connectivity index (χ2v) is 4.18. The van der Waals surface area contributed by atoms with Crippen molar-refractivity contribution in [1.82, 2.24) is 10.2 Å². The molecular formula is C9H10F3N3O. The number of halogens is 3. The summed E-state index contributed by atoms with van der Waals surface area (Å²) in [5.41, 5.74) is -1.40. The summed E-state index contributed by atoms with van der Waals surface area (Å²) in [4.78, 5) is 11.5. The fourth-order valence-corrected chi connectivity index (χ4v) is 1.21. The van der Waals surface area contributed by atoms with Crippen molar-refractivity contribution < 1.29 is 18.0 Å². The maximum Gasteiger partial charge on any atom is 0.432 e. The quantitative estimate of drug-likeness (QED) is 0.822. The van der Waals surface area contributed by atoms with Gasteiger partial charge in [0.1, 0.15) is 5.69 Å². The van der Waals surface area contributed by atoms with Gasteiger partial charge >= 0.3 is 6.18 Å². The molecule has 0 aromatic carbocycles. The van der Waals surface area contributed by atoms with E-state index in [4.69, 9.17) is 0 Å². The Bertz CT molecular complexity index is 420. The average molecular weight is 233 g/mol. The standard InChI is InChI=1S/C9H10F3N3O/c1-8(2-3-8)7(16)13-6-4-5(14-15-6)9(10,11)12/h4H,2-3H2,1H3,(H2,13,14,15,16). The van der Waals surface area contributed by atoms with E-state index in [1.807, 2.05) is 5.10 Å². The van der Waals surface area contributed by atoms with Crippen molar-refractivity contribution in [1.29, 1.82) is 0 Å². The van der Waals surface area contributed by atoms with E-state index < -0.39 is 17.3 Å². The lowest BCUT2D eigenvalue weighted by atomic mass is 10.1. The smallest absolute Gasteiger partial charge is 0.309 e. The molecule has 1 amide bonds. The number of hydrogen-bond acceptors (Lipinski definition) is 2. The highest BCUT2D eigenvalue weighted by Gasteiger charge is 2.45. The fraction of sp³-hybridized carbons (Fsp3) is 0.556. The number of hydrogen-bond donors (Lipinski definition) is 2. The van der Waals surface area contributed by atoms with Crippen LogP contribution in [0.1, 0.15) is 25.5 Å². The van der Waals surface area contributed by atoms with Gasteiger partial charge in [0.15, 0.2) is 5.82 Å². The first-order chi connectivity index (χ1) is 7.31. The Morgan fingerprint density at radius 1 is 1.56 bits per heavy atom. The van der Waals surface area contributed by atoms with E-state index in [-0.39, 0.29) is 11.7 Å². The van der Waals surface area contributed by atoms with Gasteiger partial charge in [0.2, 0.25) is 5.91 Å². The maximum absolute atomic E-state index is 12.2. The first-order valence-electron chi connectivity index (χ1n) is 4.75. The Labute approximate surface area is 89.2 Å². The number of alkyl halides is 3. The number of anilines is 1. The summed E-state index contributed by atoms with van der Waals surface area (Å²) in [5, 5.41) is 7.58. The highest BCUT2D eigenvalue weighted by Crippen LogP contribution is 2.45. The number of carbonyl (C=O) groups is 1. The molecule has 7 heteroatoms. The Morgan fingerprint density at radius 2 is 2.19 bits per heavy atom. The number of H-pyrrole nitrogens is 1. The van der Waals surface area contributed by atoms with Crippen molar-refractivity contribution >= 4 is 11.7 Å². The normalized spacial score (nSPS) is 18.2. The van der Waals surface area contributed by atoms with E-state index in [9.17, 15) is 18.0 Å². The third-order valence-corrected chi connectivity index (χ3v) is 2.67. The summed E-state index contributed by atoms with van der Waals surface area (Å²) in [6, 6.07) is 0.781. The van der Waals surface area contributed by atoms with E-state index in [1.165, 1.54) is 0 Å². The summed E-state index contributed by atoms with van der Waals surface area (Å²) in [6.07, 6.45) is -2.95. The monoisotopic (exact) mass is 233 g/mol. The first-order valence-corrected chi connectivity index (χ1v) is 4.75. The van der Waals surface area contributed by atoms with Crippen LogP contribution in [0.25, 0.3) is 0 Å². The lowest BCUT2D eigenvalue weighted by molar-refractivity contribution is -0.141. The van der Waals surface area contributed by atoms with E-state index >= 15 is 0 Å². The first kappa shape index (κ1) is 11.0. The molecule has 1 fully saturated rings. The minimum atomic E-state index is -4.47. The molecule has 1 aromatic rings. The molecule has 2 N–H and O–H groups in total.